The average Bonchev–Trinajstić information content (AvgIpc) is 2.08. The van der Waals surface area contributed by atoms with Crippen LogP contribution in [0.4, 0.5) is 27.6 Å². The summed E-state index contributed by atoms with van der Waals surface area (Å²) in [6.07, 6.45) is -4.70. The molecular weight excluding hydrogens is 301 g/mol. The number of ether oxygens (including phenoxy) is 1. The third-order valence-corrected chi connectivity index (χ3v) is 2.49. The molecule has 2 nitrogen and oxygen atoms in total. The van der Waals surface area contributed by atoms with E-state index in [4.69, 9.17) is 5.73 Å². The van der Waals surface area contributed by atoms with Crippen LogP contribution in [0.25, 0.3) is 0 Å². The molecule has 0 radical (unpaired) electrons. The van der Waals surface area contributed by atoms with Crippen molar-refractivity contribution in [2.24, 2.45) is 0 Å². The van der Waals surface area contributed by atoms with Crippen molar-refractivity contribution in [3.8, 4) is 5.75 Å². The molecule has 16 heavy (non-hydrogen) atoms. The highest BCUT2D eigenvalue weighted by Gasteiger charge is 2.34. The van der Waals surface area contributed by atoms with Crippen molar-refractivity contribution in [2.45, 2.75) is 12.8 Å². The molecule has 1 rings (SSSR count). The Morgan fingerprint density at radius 1 is 1.25 bits per heavy atom. The van der Waals surface area contributed by atoms with E-state index < -0.39 is 28.6 Å². The van der Waals surface area contributed by atoms with E-state index in [-0.39, 0.29) is 5.69 Å². The van der Waals surface area contributed by atoms with Crippen LogP contribution in [0.15, 0.2) is 16.6 Å². The number of hydrogen-bond acceptors (Lipinski definition) is 2. The topological polar surface area (TPSA) is 35.2 Å². The summed E-state index contributed by atoms with van der Waals surface area (Å²) >= 11 is 2.63. The molecule has 0 spiro atoms. The molecule has 2 N–H and O–H groups in total. The molecule has 8 heteroatoms. The minimum atomic E-state index is -4.70. The van der Waals surface area contributed by atoms with E-state index in [0.717, 1.165) is 6.07 Å². The third kappa shape index (κ3) is 2.97. The van der Waals surface area contributed by atoms with Gasteiger partial charge in [0.15, 0.2) is 0 Å². The zero-order valence-corrected chi connectivity index (χ0v) is 9.07. The van der Waals surface area contributed by atoms with Crippen LogP contribution in [0.1, 0.15) is 5.56 Å². The summed E-state index contributed by atoms with van der Waals surface area (Å²) in [5, 5.41) is 0. The van der Waals surface area contributed by atoms with Crippen LogP contribution >= 0.6 is 15.9 Å². The maximum atomic E-state index is 12.4. The molecule has 0 saturated carbocycles. The molecule has 0 aromatic heterocycles. The Morgan fingerprint density at radius 2 is 1.81 bits per heavy atom. The van der Waals surface area contributed by atoms with Gasteiger partial charge in [-0.2, -0.15) is 22.0 Å². The second-order valence-corrected chi connectivity index (χ2v) is 3.54. The smallest absolute Gasteiger partial charge is 0.417 e. The predicted octanol–water partition coefficient (Wildman–Crippen LogP) is 3.65. The Labute approximate surface area is 95.3 Å². The van der Waals surface area contributed by atoms with Gasteiger partial charge >= 0.3 is 12.8 Å². The standard InChI is InChI=1S/C8H5BrF5NO/c9-6-4(8(12,13)14)1-3(2-5(6)15)16-7(10)11/h1-2,7H,15H2. The van der Waals surface area contributed by atoms with E-state index in [1.165, 1.54) is 0 Å². The van der Waals surface area contributed by atoms with Crippen LogP contribution in [0.5, 0.6) is 5.75 Å². The number of alkyl halides is 5. The predicted molar refractivity (Wildman–Crippen MR) is 50.2 cm³/mol. The van der Waals surface area contributed by atoms with Crippen LogP contribution in [0.3, 0.4) is 0 Å². The molecule has 1 aromatic carbocycles. The normalized spacial score (nSPS) is 11.9. The Balaban J connectivity index is 3.23. The first-order chi connectivity index (χ1) is 7.21. The SMILES string of the molecule is Nc1cc(OC(F)F)cc(C(F)(F)F)c1Br. The van der Waals surface area contributed by atoms with Crippen molar-refractivity contribution in [1.82, 2.24) is 0 Å². The highest BCUT2D eigenvalue weighted by molar-refractivity contribution is 9.10. The number of halogens is 6. The zero-order chi connectivity index (χ0) is 12.5. The van der Waals surface area contributed by atoms with Gasteiger partial charge in [0.05, 0.1) is 15.7 Å². The highest BCUT2D eigenvalue weighted by Crippen LogP contribution is 2.40. The summed E-state index contributed by atoms with van der Waals surface area (Å²) in [4.78, 5) is 0. The van der Waals surface area contributed by atoms with Gasteiger partial charge in [0, 0.05) is 6.07 Å². The summed E-state index contributed by atoms with van der Waals surface area (Å²) in [7, 11) is 0. The molecule has 0 bridgehead atoms. The van der Waals surface area contributed by atoms with Crippen molar-refractivity contribution in [1.29, 1.82) is 0 Å². The Morgan fingerprint density at radius 3 is 2.25 bits per heavy atom. The van der Waals surface area contributed by atoms with Crippen molar-refractivity contribution in [2.75, 3.05) is 5.73 Å². The van der Waals surface area contributed by atoms with Crippen LogP contribution < -0.4 is 10.5 Å². The fraction of sp³-hybridized carbons (Fsp3) is 0.250. The number of hydrogen-bond donors (Lipinski definition) is 1. The number of nitrogens with two attached hydrogens (primary N) is 1. The van der Waals surface area contributed by atoms with Gasteiger partial charge in [-0.05, 0) is 22.0 Å². The number of nitrogen functional groups attached to an aromatic ring is 1. The molecular formula is C8H5BrF5NO. The second kappa shape index (κ2) is 4.44. The summed E-state index contributed by atoms with van der Waals surface area (Å²) in [5.74, 6) is -0.636. The van der Waals surface area contributed by atoms with Crippen LogP contribution in [-0.4, -0.2) is 6.61 Å². The molecule has 0 amide bonds. The summed E-state index contributed by atoms with van der Waals surface area (Å²) in [6.45, 7) is -3.21. The molecule has 0 aliphatic rings. The van der Waals surface area contributed by atoms with Crippen LogP contribution in [-0.2, 0) is 6.18 Å². The first-order valence-corrected chi connectivity index (χ1v) is 4.62. The maximum Gasteiger partial charge on any atom is 0.417 e. The lowest BCUT2D eigenvalue weighted by molar-refractivity contribution is -0.138. The maximum absolute atomic E-state index is 12.4. The number of anilines is 1. The zero-order valence-electron chi connectivity index (χ0n) is 7.49. The Bertz CT molecular complexity index is 393. The summed E-state index contributed by atoms with van der Waals surface area (Å²) < 4.78 is 64.4. The van der Waals surface area contributed by atoms with Crippen molar-refractivity contribution in [3.63, 3.8) is 0 Å². The van der Waals surface area contributed by atoms with E-state index in [9.17, 15) is 22.0 Å². The monoisotopic (exact) mass is 305 g/mol. The van der Waals surface area contributed by atoms with E-state index in [0.29, 0.717) is 6.07 Å². The summed E-state index contributed by atoms with van der Waals surface area (Å²) in [6, 6.07) is 1.33. The molecule has 0 atom stereocenters. The highest BCUT2D eigenvalue weighted by atomic mass is 79.9. The molecule has 0 aliphatic carbocycles. The lowest BCUT2D eigenvalue weighted by atomic mass is 10.2. The Kier molecular flexibility index (Phi) is 3.61. The minimum Gasteiger partial charge on any atom is -0.435 e. The molecule has 0 aliphatic heterocycles. The van der Waals surface area contributed by atoms with E-state index in [1.54, 1.807) is 0 Å². The van der Waals surface area contributed by atoms with Gasteiger partial charge in [-0.1, -0.05) is 0 Å². The largest absolute Gasteiger partial charge is 0.435 e. The molecule has 0 saturated heterocycles. The van der Waals surface area contributed by atoms with Gasteiger partial charge in [0.2, 0.25) is 0 Å². The van der Waals surface area contributed by atoms with Gasteiger partial charge in [-0.3, -0.25) is 0 Å². The lowest BCUT2D eigenvalue weighted by Crippen LogP contribution is -2.10. The molecule has 0 fully saturated rings. The second-order valence-electron chi connectivity index (χ2n) is 2.75. The number of benzene rings is 1. The first kappa shape index (κ1) is 13.0. The van der Waals surface area contributed by atoms with Crippen molar-refractivity contribution >= 4 is 21.6 Å². The van der Waals surface area contributed by atoms with Gasteiger partial charge in [-0.25, -0.2) is 0 Å². The fourth-order valence-corrected chi connectivity index (χ4v) is 1.45. The van der Waals surface area contributed by atoms with E-state index >= 15 is 0 Å². The quantitative estimate of drug-likeness (QED) is 0.668. The fourth-order valence-electron chi connectivity index (χ4n) is 0.997. The van der Waals surface area contributed by atoms with Crippen molar-refractivity contribution < 1.29 is 26.7 Å². The molecule has 1 aromatic rings. The van der Waals surface area contributed by atoms with Gasteiger partial charge in [0.1, 0.15) is 5.75 Å². The van der Waals surface area contributed by atoms with E-state index in [1.807, 2.05) is 0 Å². The Hall–Kier alpha value is -1.05. The van der Waals surface area contributed by atoms with Gasteiger partial charge in [0.25, 0.3) is 0 Å². The van der Waals surface area contributed by atoms with E-state index in [2.05, 4.69) is 20.7 Å². The average molecular weight is 306 g/mol. The van der Waals surface area contributed by atoms with Crippen molar-refractivity contribution in [3.05, 3.63) is 22.2 Å². The molecule has 0 unspecified atom stereocenters. The van der Waals surface area contributed by atoms with Gasteiger partial charge in [-0.15, -0.1) is 0 Å². The number of rotatable bonds is 2. The minimum absolute atomic E-state index is 0.328. The lowest BCUT2D eigenvalue weighted by Gasteiger charge is -2.13. The van der Waals surface area contributed by atoms with Gasteiger partial charge < -0.3 is 10.5 Å². The molecule has 0 heterocycles. The first-order valence-electron chi connectivity index (χ1n) is 3.83. The summed E-state index contributed by atoms with van der Waals surface area (Å²) in [5.41, 5.74) is 3.73. The third-order valence-electron chi connectivity index (χ3n) is 1.60. The van der Waals surface area contributed by atoms with Crippen LogP contribution in [0.2, 0.25) is 0 Å². The molecule has 90 valence electrons. The van der Waals surface area contributed by atoms with Crippen LogP contribution in [0, 0.1) is 0 Å².